The topological polar surface area (TPSA) is 106 Å². The van der Waals surface area contributed by atoms with Gasteiger partial charge in [-0.3, -0.25) is 5.10 Å². The van der Waals surface area contributed by atoms with Gasteiger partial charge in [-0.05, 0) is 43.1 Å². The maximum Gasteiger partial charge on any atom is 0.169 e. The second-order valence-corrected chi connectivity index (χ2v) is 10.1. The van der Waals surface area contributed by atoms with Crippen LogP contribution in [-0.4, -0.2) is 40.0 Å². The largest absolute Gasteiger partial charge is 0.512 e. The molecule has 1 aromatic carbocycles. The van der Waals surface area contributed by atoms with Gasteiger partial charge in [0.15, 0.2) is 11.5 Å². The third kappa shape index (κ3) is 7.46. The lowest BCUT2D eigenvalue weighted by atomic mass is 9.88. The number of nitrogens with one attached hydrogen (secondary N) is 1. The van der Waals surface area contributed by atoms with E-state index in [9.17, 15) is 5.11 Å². The molecule has 1 atom stereocenters. The number of ether oxygens (including phenoxy) is 2. The predicted octanol–water partition coefficient (Wildman–Crippen LogP) is 6.98. The number of aliphatic hydroxyl groups excluding tert-OH is 1. The van der Waals surface area contributed by atoms with Gasteiger partial charge in [-0.1, -0.05) is 46.2 Å². The Morgan fingerprint density at radius 2 is 1.89 bits per heavy atom. The average Bonchev–Trinajstić information content (AvgIpc) is 2.96. The van der Waals surface area contributed by atoms with E-state index >= 15 is 4.39 Å². The van der Waals surface area contributed by atoms with Gasteiger partial charge in [0.1, 0.15) is 18.2 Å². The lowest BCUT2D eigenvalue weighted by Crippen LogP contribution is -2.40. The number of hydrogen-bond donors (Lipinski definition) is 3. The van der Waals surface area contributed by atoms with Gasteiger partial charge in [0.2, 0.25) is 0 Å². The van der Waals surface area contributed by atoms with Crippen molar-refractivity contribution in [1.82, 2.24) is 15.2 Å². The number of allylic oxidation sites excluding steroid dienone is 5. The molecule has 1 heterocycles. The lowest BCUT2D eigenvalue weighted by molar-refractivity contribution is 0.200. The Morgan fingerprint density at radius 3 is 2.51 bits per heavy atom. The van der Waals surface area contributed by atoms with Gasteiger partial charge < -0.3 is 20.3 Å². The van der Waals surface area contributed by atoms with E-state index in [0.717, 1.165) is 0 Å². The first kappa shape index (κ1) is 30.1. The van der Waals surface area contributed by atoms with Crippen molar-refractivity contribution in [2.24, 2.45) is 11.1 Å². The highest BCUT2D eigenvalue weighted by Crippen LogP contribution is 2.41. The molecule has 0 fully saturated rings. The van der Waals surface area contributed by atoms with Gasteiger partial charge >= 0.3 is 0 Å². The monoisotopic (exact) mass is 532 g/mol. The van der Waals surface area contributed by atoms with Crippen LogP contribution in [0, 0.1) is 25.1 Å². The van der Waals surface area contributed by atoms with Gasteiger partial charge in [-0.15, -0.1) is 0 Å². The highest BCUT2D eigenvalue weighted by Gasteiger charge is 2.24. The van der Waals surface area contributed by atoms with E-state index < -0.39 is 5.82 Å². The number of H-pyrrole nitrogens is 1. The molecule has 9 heteroatoms. The minimum atomic E-state index is -0.566. The highest BCUT2D eigenvalue weighted by molar-refractivity contribution is 6.30. The number of rotatable bonds is 5. The molecule has 4 N–H and O–H groups in total. The number of halogens is 2. The third-order valence-electron chi connectivity index (χ3n) is 5.72. The molecular weight excluding hydrogens is 495 g/mol. The zero-order chi connectivity index (χ0) is 27.9. The fraction of sp³-hybridized carbons (Fsp3) is 0.429. The number of aromatic amines is 1. The van der Waals surface area contributed by atoms with Crippen LogP contribution in [0.15, 0.2) is 41.3 Å². The van der Waals surface area contributed by atoms with E-state index in [1.165, 1.54) is 19.3 Å². The van der Waals surface area contributed by atoms with E-state index in [4.69, 9.17) is 26.8 Å². The summed E-state index contributed by atoms with van der Waals surface area (Å²) in [4.78, 5) is 4.63. The Hall–Kier alpha value is -3.10. The molecule has 0 amide bonds. The smallest absolute Gasteiger partial charge is 0.169 e. The van der Waals surface area contributed by atoms with Crippen molar-refractivity contribution in [3.05, 3.63) is 64.2 Å². The normalized spacial score (nSPS) is 14.3. The molecule has 37 heavy (non-hydrogen) atoms. The molecule has 1 aliphatic rings. The summed E-state index contributed by atoms with van der Waals surface area (Å²) in [5, 5.41) is 18.1. The molecule has 0 spiro atoms. The fourth-order valence-corrected chi connectivity index (χ4v) is 3.79. The average molecular weight is 533 g/mol. The Morgan fingerprint density at radius 1 is 1.22 bits per heavy atom. The number of nitrogens with zero attached hydrogens (tertiary/aromatic N) is 2. The molecule has 0 bridgehead atoms. The van der Waals surface area contributed by atoms with E-state index in [1.807, 2.05) is 34.6 Å². The van der Waals surface area contributed by atoms with Crippen molar-refractivity contribution in [2.45, 2.75) is 60.9 Å². The first-order valence-electron chi connectivity index (χ1n) is 12.2. The summed E-state index contributed by atoms with van der Waals surface area (Å²) in [5.74, 6) is 0.525. The van der Waals surface area contributed by atoms with Crippen LogP contribution in [0.4, 0.5) is 4.39 Å². The maximum absolute atomic E-state index is 16.0. The summed E-state index contributed by atoms with van der Waals surface area (Å²) in [6.45, 7) is 13.7. The summed E-state index contributed by atoms with van der Waals surface area (Å²) >= 11 is 6.32. The molecule has 2 aromatic rings. The van der Waals surface area contributed by atoms with E-state index in [0.29, 0.717) is 38.8 Å². The van der Waals surface area contributed by atoms with Gasteiger partial charge in [-0.2, -0.15) is 5.10 Å². The first-order valence-corrected chi connectivity index (χ1v) is 12.6. The van der Waals surface area contributed by atoms with Gasteiger partial charge in [0, 0.05) is 39.9 Å². The summed E-state index contributed by atoms with van der Waals surface area (Å²) in [5.41, 5.74) is 7.51. The zero-order valence-electron chi connectivity index (χ0n) is 22.9. The van der Waals surface area contributed by atoms with Crippen LogP contribution in [0.3, 0.4) is 0 Å². The second kappa shape index (κ2) is 12.9. The molecule has 1 aliphatic carbocycles. The minimum Gasteiger partial charge on any atom is -0.512 e. The van der Waals surface area contributed by atoms with E-state index in [-0.39, 0.29) is 41.4 Å². The van der Waals surface area contributed by atoms with Crippen LogP contribution in [0.25, 0.3) is 16.3 Å². The molecule has 7 nitrogen and oxygen atoms in total. The zero-order valence-corrected chi connectivity index (χ0v) is 23.6. The molecule has 0 radical (unpaired) electrons. The number of hydrogen-bond acceptors (Lipinski definition) is 6. The molecule has 0 unspecified atom stereocenters. The standard InChI is InChI=1S/C26H32ClFN4O3.C2H6/c1-14-12-30-32-15(2)31-24(16-7-8-18(33)10-17(27)9-16)23-19(28)11-20(25(34-6)22(14)23)35-13-21(29)26(3,4)5;1-2/h7-9,11-12,21,33H,10,13,29H2,1-6H3,(H,31,32);1-2H3/t21-;/m0./s1. The van der Waals surface area contributed by atoms with Crippen molar-refractivity contribution in [1.29, 1.82) is 0 Å². The molecule has 0 saturated heterocycles. The summed E-state index contributed by atoms with van der Waals surface area (Å²) in [6, 6.07) is 0.998. The SMILES string of the molecule is CC.COc1c(OC[C@H](N)C(C)(C)C)cc(F)c2c(C3=CC=C(O)CC(Cl)=C3)nc(C)[nH]ncc(C)c12. The number of aromatic nitrogens is 3. The number of benzene rings is 1. The number of aryl methyl sites for hydroxylation is 2. The summed E-state index contributed by atoms with van der Waals surface area (Å²) < 4.78 is 27.7. The van der Waals surface area contributed by atoms with Gasteiger partial charge in [0.25, 0.3) is 0 Å². The second-order valence-electron chi connectivity index (χ2n) is 9.57. The maximum atomic E-state index is 16.0. The van der Waals surface area contributed by atoms with E-state index in [1.54, 1.807) is 32.2 Å². The van der Waals surface area contributed by atoms with Crippen molar-refractivity contribution in [2.75, 3.05) is 13.7 Å². The number of nitrogens with two attached hydrogens (primary N) is 1. The third-order valence-corrected chi connectivity index (χ3v) is 5.96. The van der Waals surface area contributed by atoms with Crippen LogP contribution in [0.1, 0.15) is 58.1 Å². The molecule has 0 saturated carbocycles. The first-order chi connectivity index (χ1) is 17.4. The van der Waals surface area contributed by atoms with E-state index in [2.05, 4.69) is 15.2 Å². The highest BCUT2D eigenvalue weighted by atomic mass is 35.5. The molecule has 202 valence electrons. The number of fused-ring (bicyclic) bond motifs is 1. The van der Waals surface area contributed by atoms with Crippen molar-refractivity contribution in [3.8, 4) is 11.5 Å². The number of methoxy groups -OCH3 is 1. The summed E-state index contributed by atoms with van der Waals surface area (Å²) in [6.07, 6.45) is 6.57. The summed E-state index contributed by atoms with van der Waals surface area (Å²) in [7, 11) is 1.50. The Labute approximate surface area is 223 Å². The van der Waals surface area contributed by atoms with Crippen molar-refractivity contribution >= 4 is 27.9 Å². The van der Waals surface area contributed by atoms with Crippen LogP contribution in [0.2, 0.25) is 0 Å². The van der Waals surface area contributed by atoms with Crippen LogP contribution >= 0.6 is 11.6 Å². The Bertz CT molecular complexity index is 1270. The quantitative estimate of drug-likeness (QED) is 0.383. The van der Waals surface area contributed by atoms with Crippen LogP contribution in [0.5, 0.6) is 11.5 Å². The fourth-order valence-electron chi connectivity index (χ4n) is 3.53. The van der Waals surface area contributed by atoms with Gasteiger partial charge in [-0.25, -0.2) is 9.37 Å². The number of aliphatic hydroxyl groups is 1. The minimum absolute atomic E-state index is 0.0898. The predicted molar refractivity (Wildman–Crippen MR) is 149 cm³/mol. The lowest BCUT2D eigenvalue weighted by Gasteiger charge is -2.27. The van der Waals surface area contributed by atoms with Crippen molar-refractivity contribution in [3.63, 3.8) is 0 Å². The molecule has 1 aromatic heterocycles. The molecule has 3 rings (SSSR count). The van der Waals surface area contributed by atoms with Crippen LogP contribution < -0.4 is 15.2 Å². The Balaban J connectivity index is 0.00000235. The molecule has 0 aliphatic heterocycles. The van der Waals surface area contributed by atoms with Crippen LogP contribution in [-0.2, 0) is 0 Å². The van der Waals surface area contributed by atoms with Crippen molar-refractivity contribution < 1.29 is 19.0 Å². The molecular formula is C28H38ClFN4O3. The Kier molecular flexibility index (Phi) is 10.5. The van der Waals surface area contributed by atoms with Gasteiger partial charge in [0.05, 0.1) is 24.8 Å².